The Morgan fingerprint density at radius 3 is 2.83 bits per heavy atom. The van der Waals surface area contributed by atoms with E-state index in [2.05, 4.69) is 15.0 Å². The number of nitrogens with two attached hydrogens (primary N) is 1. The Bertz CT molecular complexity index is 868. The average Bonchev–Trinajstić information content (AvgIpc) is 2.97. The standard InChI is InChI=1S/C15H14FN5O3/c1-9(24-14(22)10-5-3-2-4-6-10)23-8-21-7-18-11-12(17)19-15(16)20-13(11)21/h2-7,9H,8H2,1H3,(H2,17,19,20). The highest BCUT2D eigenvalue weighted by Crippen LogP contribution is 2.16. The van der Waals surface area contributed by atoms with E-state index in [1.54, 1.807) is 37.3 Å². The predicted molar refractivity (Wildman–Crippen MR) is 82.1 cm³/mol. The molecule has 3 aromatic rings. The van der Waals surface area contributed by atoms with Crippen molar-refractivity contribution in [3.05, 3.63) is 48.3 Å². The summed E-state index contributed by atoms with van der Waals surface area (Å²) in [4.78, 5) is 22.9. The number of carbonyl (C=O) groups is 1. The molecule has 0 fully saturated rings. The first kappa shape index (κ1) is 15.8. The van der Waals surface area contributed by atoms with Gasteiger partial charge in [0.1, 0.15) is 6.73 Å². The highest BCUT2D eigenvalue weighted by molar-refractivity contribution is 5.89. The SMILES string of the molecule is CC(OCn1cnc2c(N)nc(F)nc21)OC(=O)c1ccccc1. The van der Waals surface area contributed by atoms with Gasteiger partial charge in [0.05, 0.1) is 11.9 Å². The van der Waals surface area contributed by atoms with E-state index in [1.165, 1.54) is 10.9 Å². The number of ether oxygens (including phenoxy) is 2. The van der Waals surface area contributed by atoms with Crippen LogP contribution in [0.4, 0.5) is 10.2 Å². The third-order valence-corrected chi connectivity index (χ3v) is 3.19. The van der Waals surface area contributed by atoms with Crippen molar-refractivity contribution in [3.8, 4) is 0 Å². The molecule has 1 unspecified atom stereocenters. The van der Waals surface area contributed by atoms with E-state index >= 15 is 0 Å². The van der Waals surface area contributed by atoms with Gasteiger partial charge in [-0.05, 0) is 19.1 Å². The van der Waals surface area contributed by atoms with Crippen LogP contribution in [0, 0.1) is 6.08 Å². The molecule has 3 rings (SSSR count). The summed E-state index contributed by atoms with van der Waals surface area (Å²) in [7, 11) is 0. The number of imidazole rings is 1. The zero-order valence-corrected chi connectivity index (χ0v) is 12.7. The van der Waals surface area contributed by atoms with Crippen LogP contribution < -0.4 is 5.73 Å². The van der Waals surface area contributed by atoms with Crippen molar-refractivity contribution in [1.29, 1.82) is 0 Å². The van der Waals surface area contributed by atoms with Crippen LogP contribution in [0.15, 0.2) is 36.7 Å². The minimum Gasteiger partial charge on any atom is -0.432 e. The highest BCUT2D eigenvalue weighted by atomic mass is 19.1. The Balaban J connectivity index is 1.64. The van der Waals surface area contributed by atoms with Gasteiger partial charge in [-0.25, -0.2) is 9.78 Å². The lowest BCUT2D eigenvalue weighted by Gasteiger charge is -2.14. The molecule has 0 aliphatic heterocycles. The van der Waals surface area contributed by atoms with E-state index in [0.717, 1.165) is 0 Å². The van der Waals surface area contributed by atoms with Gasteiger partial charge in [-0.1, -0.05) is 18.2 Å². The van der Waals surface area contributed by atoms with Gasteiger partial charge in [0, 0.05) is 0 Å². The normalized spacial score (nSPS) is 12.2. The largest absolute Gasteiger partial charge is 0.432 e. The number of esters is 1. The molecule has 0 aliphatic carbocycles. The van der Waals surface area contributed by atoms with Gasteiger partial charge in [0.25, 0.3) is 0 Å². The molecule has 0 saturated carbocycles. The number of carbonyl (C=O) groups excluding carboxylic acids is 1. The second kappa shape index (κ2) is 6.59. The Morgan fingerprint density at radius 1 is 1.33 bits per heavy atom. The van der Waals surface area contributed by atoms with Crippen LogP contribution in [0.5, 0.6) is 0 Å². The maximum Gasteiger partial charge on any atom is 0.340 e. The second-order valence-electron chi connectivity index (χ2n) is 4.90. The van der Waals surface area contributed by atoms with E-state index in [9.17, 15) is 9.18 Å². The van der Waals surface area contributed by atoms with Crippen molar-refractivity contribution in [1.82, 2.24) is 19.5 Å². The lowest BCUT2D eigenvalue weighted by molar-refractivity contribution is -0.120. The van der Waals surface area contributed by atoms with Gasteiger partial charge in [0.2, 0.25) is 6.29 Å². The van der Waals surface area contributed by atoms with Crippen LogP contribution in [0.25, 0.3) is 11.2 Å². The van der Waals surface area contributed by atoms with E-state index in [1.807, 2.05) is 0 Å². The van der Waals surface area contributed by atoms with Crippen LogP contribution in [0.1, 0.15) is 17.3 Å². The fourth-order valence-corrected chi connectivity index (χ4v) is 2.05. The summed E-state index contributed by atoms with van der Waals surface area (Å²) in [5.41, 5.74) is 6.47. The zero-order valence-electron chi connectivity index (χ0n) is 12.7. The van der Waals surface area contributed by atoms with E-state index in [-0.39, 0.29) is 23.7 Å². The number of anilines is 1. The lowest BCUT2D eigenvalue weighted by atomic mass is 10.2. The molecule has 1 aromatic carbocycles. The summed E-state index contributed by atoms with van der Waals surface area (Å²) in [6, 6.07) is 8.55. The molecule has 2 N–H and O–H groups in total. The number of aromatic nitrogens is 4. The summed E-state index contributed by atoms with van der Waals surface area (Å²) in [6.45, 7) is 1.53. The fraction of sp³-hybridized carbons (Fsp3) is 0.200. The van der Waals surface area contributed by atoms with Gasteiger partial charge < -0.3 is 15.2 Å². The molecule has 2 heterocycles. The summed E-state index contributed by atoms with van der Waals surface area (Å²) in [5.74, 6) is -0.559. The van der Waals surface area contributed by atoms with E-state index in [4.69, 9.17) is 15.2 Å². The van der Waals surface area contributed by atoms with Gasteiger partial charge in [-0.3, -0.25) is 4.57 Å². The molecular weight excluding hydrogens is 317 g/mol. The summed E-state index contributed by atoms with van der Waals surface area (Å²) >= 11 is 0. The number of halogens is 1. The van der Waals surface area contributed by atoms with Crippen LogP contribution in [0.2, 0.25) is 0 Å². The zero-order chi connectivity index (χ0) is 17.1. The van der Waals surface area contributed by atoms with Crippen molar-refractivity contribution in [2.75, 3.05) is 5.73 Å². The summed E-state index contributed by atoms with van der Waals surface area (Å²) in [6.07, 6.45) is -0.384. The summed E-state index contributed by atoms with van der Waals surface area (Å²) < 4.78 is 25.3. The number of nitrogens with zero attached hydrogens (tertiary/aromatic N) is 4. The van der Waals surface area contributed by atoms with Gasteiger partial charge in [-0.15, -0.1) is 0 Å². The maximum absolute atomic E-state index is 13.3. The van der Waals surface area contributed by atoms with Gasteiger partial charge in [-0.2, -0.15) is 14.4 Å². The Morgan fingerprint density at radius 2 is 2.08 bits per heavy atom. The van der Waals surface area contributed by atoms with Crippen LogP contribution >= 0.6 is 0 Å². The number of rotatable bonds is 5. The molecule has 24 heavy (non-hydrogen) atoms. The van der Waals surface area contributed by atoms with Crippen molar-refractivity contribution in [2.45, 2.75) is 19.9 Å². The van der Waals surface area contributed by atoms with Crippen molar-refractivity contribution >= 4 is 23.0 Å². The van der Waals surface area contributed by atoms with Crippen LogP contribution in [-0.2, 0) is 16.2 Å². The minimum absolute atomic E-state index is 0.0460. The number of nitrogen functional groups attached to an aromatic ring is 1. The third-order valence-electron chi connectivity index (χ3n) is 3.19. The molecule has 0 spiro atoms. The molecule has 1 atom stereocenters. The first-order valence-corrected chi connectivity index (χ1v) is 7.06. The number of benzene rings is 1. The van der Waals surface area contributed by atoms with Crippen molar-refractivity contribution < 1.29 is 18.7 Å². The predicted octanol–water partition coefficient (Wildman–Crippen LogP) is 1.72. The monoisotopic (exact) mass is 331 g/mol. The molecule has 8 nitrogen and oxygen atoms in total. The number of fused-ring (bicyclic) bond motifs is 1. The Labute approximate surface area is 136 Å². The highest BCUT2D eigenvalue weighted by Gasteiger charge is 2.14. The minimum atomic E-state index is -0.953. The molecule has 0 amide bonds. The molecule has 124 valence electrons. The van der Waals surface area contributed by atoms with Crippen LogP contribution in [-0.4, -0.2) is 31.8 Å². The van der Waals surface area contributed by atoms with E-state index < -0.39 is 18.3 Å². The van der Waals surface area contributed by atoms with Gasteiger partial charge >= 0.3 is 12.0 Å². The smallest absolute Gasteiger partial charge is 0.340 e. The fourth-order valence-electron chi connectivity index (χ4n) is 2.05. The Kier molecular flexibility index (Phi) is 4.34. The molecule has 9 heteroatoms. The molecule has 0 aliphatic rings. The molecule has 2 aromatic heterocycles. The Hall–Kier alpha value is -3.07. The number of hydrogen-bond acceptors (Lipinski definition) is 7. The van der Waals surface area contributed by atoms with E-state index in [0.29, 0.717) is 5.56 Å². The second-order valence-corrected chi connectivity index (χ2v) is 4.90. The first-order chi connectivity index (χ1) is 11.5. The molecule has 0 bridgehead atoms. The van der Waals surface area contributed by atoms with Crippen molar-refractivity contribution in [3.63, 3.8) is 0 Å². The maximum atomic E-state index is 13.3. The lowest BCUT2D eigenvalue weighted by Crippen LogP contribution is -2.19. The average molecular weight is 331 g/mol. The molecule has 0 radical (unpaired) electrons. The first-order valence-electron chi connectivity index (χ1n) is 7.06. The van der Waals surface area contributed by atoms with Crippen molar-refractivity contribution in [2.24, 2.45) is 0 Å². The van der Waals surface area contributed by atoms with Crippen LogP contribution in [0.3, 0.4) is 0 Å². The third kappa shape index (κ3) is 3.30. The molecule has 0 saturated heterocycles. The quantitative estimate of drug-likeness (QED) is 0.431. The van der Waals surface area contributed by atoms with Gasteiger partial charge in [0.15, 0.2) is 17.0 Å². The number of hydrogen-bond donors (Lipinski definition) is 1. The molecular formula is C15H14FN5O3. The summed E-state index contributed by atoms with van der Waals surface area (Å²) in [5, 5.41) is 0. The topological polar surface area (TPSA) is 105 Å².